The smallest absolute Gasteiger partial charge is 0.345 e. The van der Waals surface area contributed by atoms with Gasteiger partial charge in [-0.05, 0) is 12.1 Å². The van der Waals surface area contributed by atoms with E-state index in [-0.39, 0.29) is 23.0 Å². The second-order valence-electron chi connectivity index (χ2n) is 9.12. The fraction of sp³-hybridized carbons (Fsp3) is 0.143. The molecule has 0 unspecified atom stereocenters. The number of hydrogen-bond acceptors (Lipinski definition) is 14. The molecular weight excluding hydrogens is 572 g/mol. The van der Waals surface area contributed by atoms with Crippen LogP contribution in [0.15, 0.2) is 68.6 Å². The minimum Gasteiger partial charge on any atom is -0.465 e. The number of esters is 2. The average Bonchev–Trinajstić information content (AvgIpc) is 3.04. The van der Waals surface area contributed by atoms with Crippen LogP contribution in [-0.2, 0) is 23.6 Å². The lowest BCUT2D eigenvalue weighted by atomic mass is 10.1. The van der Waals surface area contributed by atoms with E-state index in [4.69, 9.17) is 9.97 Å². The number of carbonyl (C=O) groups excluding carboxylic acids is 2. The van der Waals surface area contributed by atoms with Crippen LogP contribution in [0.5, 0.6) is 0 Å². The Morgan fingerprint density at radius 3 is 1.48 bits per heavy atom. The van der Waals surface area contributed by atoms with E-state index in [1.54, 1.807) is 12.1 Å². The summed E-state index contributed by atoms with van der Waals surface area (Å²) in [4.78, 5) is 65.7. The second-order valence-corrected chi connectivity index (χ2v) is 9.12. The molecule has 4 aromatic heterocycles. The molecule has 0 fully saturated rings. The number of nitrogens with zero attached hydrogens (tertiary/aromatic N) is 8. The number of fused-ring (bicyclic) bond motifs is 3. The van der Waals surface area contributed by atoms with Crippen LogP contribution in [0.25, 0.3) is 21.8 Å². The van der Waals surface area contributed by atoms with Gasteiger partial charge >= 0.3 is 11.9 Å². The van der Waals surface area contributed by atoms with Gasteiger partial charge in [0.2, 0.25) is 11.9 Å². The van der Waals surface area contributed by atoms with Crippen molar-refractivity contribution in [3.63, 3.8) is 0 Å². The zero-order chi connectivity index (χ0) is 31.4. The highest BCUT2D eigenvalue weighted by Crippen LogP contribution is 2.22. The Morgan fingerprint density at radius 1 is 0.705 bits per heavy atom. The lowest BCUT2D eigenvalue weighted by molar-refractivity contribution is 0.0588. The number of anilines is 2. The number of methoxy groups -OCH3 is 2. The van der Waals surface area contributed by atoms with Crippen molar-refractivity contribution in [3.05, 3.63) is 92.0 Å². The summed E-state index contributed by atoms with van der Waals surface area (Å²) >= 11 is 0. The van der Waals surface area contributed by atoms with E-state index in [1.807, 2.05) is 24.3 Å². The number of nitrogens with one attached hydrogen (secondary N) is 2. The molecule has 1 aromatic carbocycles. The molecule has 0 spiro atoms. The maximum atomic E-state index is 12.4. The number of hydrogen-bond donors (Lipinski definition) is 2. The molecule has 0 amide bonds. The van der Waals surface area contributed by atoms with Crippen molar-refractivity contribution in [1.29, 1.82) is 0 Å². The Hall–Kier alpha value is -6.32. The Bertz CT molecular complexity index is 1970. The summed E-state index contributed by atoms with van der Waals surface area (Å²) in [6, 6.07) is 11.1. The Balaban J connectivity index is 1.38. The van der Waals surface area contributed by atoms with Crippen molar-refractivity contribution in [3.8, 4) is 0 Å². The van der Waals surface area contributed by atoms with Crippen LogP contribution in [0.3, 0.4) is 0 Å². The highest BCUT2D eigenvalue weighted by Gasteiger charge is 2.16. The summed E-state index contributed by atoms with van der Waals surface area (Å²) in [5.41, 5.74) is 6.02. The predicted octanol–water partition coefficient (Wildman–Crippen LogP) is 1.44. The third-order valence-electron chi connectivity index (χ3n) is 6.43. The third kappa shape index (κ3) is 5.71. The van der Waals surface area contributed by atoms with Crippen LogP contribution in [0, 0.1) is 0 Å². The van der Waals surface area contributed by atoms with Gasteiger partial charge in [0.25, 0.3) is 11.1 Å². The molecule has 0 saturated carbocycles. The quantitative estimate of drug-likeness (QED) is 0.113. The Kier molecular flexibility index (Phi) is 8.14. The molecule has 0 saturated heterocycles. The van der Waals surface area contributed by atoms with Crippen molar-refractivity contribution < 1.29 is 19.1 Å². The minimum atomic E-state index is -0.782. The normalized spacial score (nSPS) is 11.4. The number of aromatic nitrogens is 6. The number of pyridine rings is 2. The number of rotatable bonds is 8. The Labute approximate surface area is 247 Å². The number of hydrazone groups is 2. The van der Waals surface area contributed by atoms with E-state index in [9.17, 15) is 19.2 Å². The summed E-state index contributed by atoms with van der Waals surface area (Å²) in [5.74, 6) is -1.34. The molecule has 44 heavy (non-hydrogen) atoms. The molecule has 0 aliphatic heterocycles. The van der Waals surface area contributed by atoms with Crippen LogP contribution >= 0.6 is 0 Å². The third-order valence-corrected chi connectivity index (χ3v) is 6.43. The SMILES string of the molecule is COC(=O)c1cnc(N/N=C/c2ccc3ccc4ccc(/C=N/Nc5ncc(C(=O)OC)c(=O)n5C)nc4c3n2)n(C)c1=O. The van der Waals surface area contributed by atoms with Crippen molar-refractivity contribution in [1.82, 2.24) is 29.1 Å². The van der Waals surface area contributed by atoms with E-state index < -0.39 is 23.1 Å². The molecule has 16 heteroatoms. The minimum absolute atomic E-state index is 0.110. The van der Waals surface area contributed by atoms with Crippen LogP contribution in [0.4, 0.5) is 11.9 Å². The van der Waals surface area contributed by atoms with Gasteiger partial charge < -0.3 is 9.47 Å². The van der Waals surface area contributed by atoms with E-state index in [0.29, 0.717) is 22.4 Å². The van der Waals surface area contributed by atoms with Gasteiger partial charge in [-0.25, -0.2) is 40.4 Å². The van der Waals surface area contributed by atoms with E-state index in [0.717, 1.165) is 32.3 Å². The highest BCUT2D eigenvalue weighted by molar-refractivity contribution is 6.04. The van der Waals surface area contributed by atoms with Gasteiger partial charge in [-0.15, -0.1) is 0 Å². The van der Waals surface area contributed by atoms with E-state index in [1.165, 1.54) is 40.7 Å². The first-order valence-corrected chi connectivity index (χ1v) is 12.8. The number of ether oxygens (including phenoxy) is 2. The molecule has 2 N–H and O–H groups in total. The maximum Gasteiger partial charge on any atom is 0.345 e. The first-order valence-electron chi connectivity index (χ1n) is 12.8. The molecule has 5 aromatic rings. The van der Waals surface area contributed by atoms with Gasteiger partial charge in [0.15, 0.2) is 0 Å². The van der Waals surface area contributed by atoms with Gasteiger partial charge in [-0.3, -0.25) is 18.7 Å². The zero-order valence-electron chi connectivity index (χ0n) is 23.8. The molecule has 222 valence electrons. The molecule has 0 bridgehead atoms. The second kappa shape index (κ2) is 12.3. The van der Waals surface area contributed by atoms with Crippen LogP contribution < -0.4 is 22.0 Å². The molecule has 0 aliphatic rings. The van der Waals surface area contributed by atoms with Crippen molar-refractivity contribution >= 4 is 58.1 Å². The summed E-state index contributed by atoms with van der Waals surface area (Å²) in [6.07, 6.45) is 5.15. The summed E-state index contributed by atoms with van der Waals surface area (Å²) in [7, 11) is 5.25. The maximum absolute atomic E-state index is 12.4. The van der Waals surface area contributed by atoms with Crippen LogP contribution in [0.1, 0.15) is 32.1 Å². The monoisotopic (exact) mass is 596 g/mol. The fourth-order valence-corrected chi connectivity index (χ4v) is 4.05. The van der Waals surface area contributed by atoms with Crippen LogP contribution in [-0.4, -0.2) is 67.7 Å². The lowest BCUT2D eigenvalue weighted by Crippen LogP contribution is -2.27. The standard InChI is InChI=1S/C28H24N10O6/c1-37-23(39)19(25(41)43-3)13-29-27(37)35-31-11-17-9-7-15-5-6-16-8-10-18(34-22(16)21(15)33-17)12-32-36-28-30-14-20(26(42)44-4)24(40)38(28)2/h5-14H,1-4H3,(H,29,35)(H,30,36)/b31-11+,32-12+. The van der Waals surface area contributed by atoms with Gasteiger partial charge in [-0.2, -0.15) is 10.2 Å². The first kappa shape index (κ1) is 29.2. The summed E-state index contributed by atoms with van der Waals surface area (Å²) in [6.45, 7) is 0. The lowest BCUT2D eigenvalue weighted by Gasteiger charge is -2.08. The summed E-state index contributed by atoms with van der Waals surface area (Å²) in [5, 5.41) is 9.95. The molecule has 0 atom stereocenters. The molecule has 16 nitrogen and oxygen atoms in total. The van der Waals surface area contributed by atoms with Crippen LogP contribution in [0.2, 0.25) is 0 Å². The molecule has 0 aliphatic carbocycles. The van der Waals surface area contributed by atoms with Crippen molar-refractivity contribution in [2.24, 2.45) is 24.3 Å². The molecule has 4 heterocycles. The average molecular weight is 597 g/mol. The largest absolute Gasteiger partial charge is 0.465 e. The van der Waals surface area contributed by atoms with Gasteiger partial charge in [0.05, 0.1) is 61.5 Å². The van der Waals surface area contributed by atoms with E-state index >= 15 is 0 Å². The van der Waals surface area contributed by atoms with Gasteiger partial charge in [0.1, 0.15) is 11.1 Å². The predicted molar refractivity (Wildman–Crippen MR) is 161 cm³/mol. The summed E-state index contributed by atoms with van der Waals surface area (Å²) < 4.78 is 11.5. The number of benzene rings is 1. The van der Waals surface area contributed by atoms with Crippen molar-refractivity contribution in [2.45, 2.75) is 0 Å². The topological polar surface area (TPSA) is 197 Å². The molecule has 5 rings (SSSR count). The van der Waals surface area contributed by atoms with Gasteiger partial charge in [-0.1, -0.05) is 24.3 Å². The molecule has 0 radical (unpaired) electrons. The zero-order valence-corrected chi connectivity index (χ0v) is 23.8. The molecular formula is C28H24N10O6. The van der Waals surface area contributed by atoms with E-state index in [2.05, 4.69) is 40.5 Å². The highest BCUT2D eigenvalue weighted by atomic mass is 16.5. The Morgan fingerprint density at radius 2 is 1.09 bits per heavy atom. The van der Waals surface area contributed by atoms with Crippen molar-refractivity contribution in [2.75, 3.05) is 25.1 Å². The number of carbonyl (C=O) groups is 2. The van der Waals surface area contributed by atoms with Gasteiger partial charge in [0, 0.05) is 24.9 Å². The first-order chi connectivity index (χ1) is 21.2. The fourth-order valence-electron chi connectivity index (χ4n) is 4.05.